The minimum Gasteiger partial charge on any atom is -0.293 e. The lowest BCUT2D eigenvalue weighted by Gasteiger charge is -2.24. The van der Waals surface area contributed by atoms with Crippen LogP contribution in [0.5, 0.6) is 0 Å². The van der Waals surface area contributed by atoms with Crippen molar-refractivity contribution in [3.63, 3.8) is 0 Å². The summed E-state index contributed by atoms with van der Waals surface area (Å²) in [5.41, 5.74) is 4.31. The van der Waals surface area contributed by atoms with E-state index in [2.05, 4.69) is 25.8 Å². The fraction of sp³-hybridized carbons (Fsp3) is 0.727. The molecule has 1 saturated carbocycles. The normalized spacial score (nSPS) is 27.8. The van der Waals surface area contributed by atoms with Gasteiger partial charge >= 0.3 is 0 Å². The van der Waals surface area contributed by atoms with Gasteiger partial charge in [-0.25, -0.2) is 0 Å². The third-order valence-corrected chi connectivity index (χ3v) is 2.68. The first-order valence-electron chi connectivity index (χ1n) is 4.80. The molecule has 0 aromatic carbocycles. The SMILES string of the molecule is CN=C1C(=C(C)C)CCC[C@@H]1C. The maximum absolute atomic E-state index is 4.39. The van der Waals surface area contributed by atoms with Crippen LogP contribution >= 0.6 is 0 Å². The number of hydrogen-bond donors (Lipinski definition) is 0. The average molecular weight is 165 g/mol. The number of hydrogen-bond acceptors (Lipinski definition) is 1. The van der Waals surface area contributed by atoms with E-state index in [9.17, 15) is 0 Å². The van der Waals surface area contributed by atoms with Crippen LogP contribution in [-0.2, 0) is 0 Å². The van der Waals surface area contributed by atoms with Crippen LogP contribution in [0.3, 0.4) is 0 Å². The largest absolute Gasteiger partial charge is 0.293 e. The summed E-state index contributed by atoms with van der Waals surface area (Å²) in [5, 5.41) is 0. The van der Waals surface area contributed by atoms with Crippen molar-refractivity contribution >= 4 is 5.71 Å². The summed E-state index contributed by atoms with van der Waals surface area (Å²) in [4.78, 5) is 4.39. The molecule has 0 heterocycles. The highest BCUT2D eigenvalue weighted by Crippen LogP contribution is 2.27. The van der Waals surface area contributed by atoms with Crippen LogP contribution in [0.15, 0.2) is 16.1 Å². The Kier molecular flexibility index (Phi) is 3.07. The van der Waals surface area contributed by atoms with Gasteiger partial charge in [0.1, 0.15) is 0 Å². The van der Waals surface area contributed by atoms with Gasteiger partial charge in [0.05, 0.1) is 0 Å². The van der Waals surface area contributed by atoms with Crippen molar-refractivity contribution in [1.29, 1.82) is 0 Å². The minimum atomic E-state index is 0.675. The van der Waals surface area contributed by atoms with Crippen LogP contribution in [0.4, 0.5) is 0 Å². The second-order valence-electron chi connectivity index (χ2n) is 3.88. The van der Waals surface area contributed by atoms with E-state index in [1.165, 1.54) is 36.1 Å². The maximum Gasteiger partial charge on any atom is 0.0404 e. The fourth-order valence-corrected chi connectivity index (χ4v) is 2.01. The quantitative estimate of drug-likeness (QED) is 0.522. The lowest BCUT2D eigenvalue weighted by molar-refractivity contribution is 0.601. The summed E-state index contributed by atoms with van der Waals surface area (Å²) in [7, 11) is 1.92. The zero-order chi connectivity index (χ0) is 9.14. The number of rotatable bonds is 0. The third-order valence-electron chi connectivity index (χ3n) is 2.68. The molecule has 1 aliphatic carbocycles. The standard InChI is InChI=1S/C11H19N/c1-8(2)10-7-5-6-9(3)11(10)12-4/h9H,5-7H2,1-4H3/t9-/m0/s1. The predicted octanol–water partition coefficient (Wildman–Crippen LogP) is 3.21. The monoisotopic (exact) mass is 165 g/mol. The van der Waals surface area contributed by atoms with E-state index in [1.54, 1.807) is 0 Å². The van der Waals surface area contributed by atoms with Gasteiger partial charge < -0.3 is 0 Å². The van der Waals surface area contributed by atoms with Crippen molar-refractivity contribution in [3.05, 3.63) is 11.1 Å². The van der Waals surface area contributed by atoms with Gasteiger partial charge in [-0.3, -0.25) is 4.99 Å². The highest BCUT2D eigenvalue weighted by atomic mass is 14.7. The van der Waals surface area contributed by atoms with E-state index in [0.29, 0.717) is 5.92 Å². The maximum atomic E-state index is 4.39. The molecule has 1 nitrogen and oxygen atoms in total. The van der Waals surface area contributed by atoms with E-state index in [0.717, 1.165) is 0 Å². The summed E-state index contributed by atoms with van der Waals surface area (Å²) in [6.07, 6.45) is 3.88. The molecule has 12 heavy (non-hydrogen) atoms. The molecule has 68 valence electrons. The van der Waals surface area contributed by atoms with E-state index in [1.807, 2.05) is 7.05 Å². The molecule has 0 spiro atoms. The molecule has 0 saturated heterocycles. The van der Waals surface area contributed by atoms with Crippen molar-refractivity contribution in [2.75, 3.05) is 7.05 Å². The molecule has 0 radical (unpaired) electrons. The van der Waals surface area contributed by atoms with E-state index < -0.39 is 0 Å². The van der Waals surface area contributed by atoms with Gasteiger partial charge in [0, 0.05) is 12.8 Å². The summed E-state index contributed by atoms with van der Waals surface area (Å²) in [6.45, 7) is 6.67. The molecular formula is C11H19N. The predicted molar refractivity (Wildman–Crippen MR) is 54.7 cm³/mol. The van der Waals surface area contributed by atoms with Gasteiger partial charge in [0.15, 0.2) is 0 Å². The van der Waals surface area contributed by atoms with Gasteiger partial charge in [0.2, 0.25) is 0 Å². The van der Waals surface area contributed by atoms with Gasteiger partial charge in [-0.05, 0) is 44.6 Å². The summed E-state index contributed by atoms with van der Waals surface area (Å²) in [6, 6.07) is 0. The first kappa shape index (κ1) is 9.50. The fourth-order valence-electron chi connectivity index (χ4n) is 2.01. The minimum absolute atomic E-state index is 0.675. The number of allylic oxidation sites excluding steroid dienone is 2. The Morgan fingerprint density at radius 3 is 2.50 bits per heavy atom. The summed E-state index contributed by atoms with van der Waals surface area (Å²) in [5.74, 6) is 0.675. The Morgan fingerprint density at radius 1 is 1.42 bits per heavy atom. The molecule has 1 rings (SSSR count). The first-order valence-corrected chi connectivity index (χ1v) is 4.80. The van der Waals surface area contributed by atoms with Crippen molar-refractivity contribution in [1.82, 2.24) is 0 Å². The molecule has 1 heteroatoms. The second-order valence-corrected chi connectivity index (χ2v) is 3.88. The molecule has 0 aliphatic heterocycles. The van der Waals surface area contributed by atoms with Crippen molar-refractivity contribution in [2.24, 2.45) is 10.9 Å². The van der Waals surface area contributed by atoms with E-state index in [-0.39, 0.29) is 0 Å². The van der Waals surface area contributed by atoms with Crippen molar-refractivity contribution in [2.45, 2.75) is 40.0 Å². The third kappa shape index (κ3) is 1.77. The molecule has 0 aromatic heterocycles. The van der Waals surface area contributed by atoms with Crippen LogP contribution in [0.25, 0.3) is 0 Å². The van der Waals surface area contributed by atoms with E-state index >= 15 is 0 Å². The smallest absolute Gasteiger partial charge is 0.0404 e. The van der Waals surface area contributed by atoms with Gasteiger partial charge in [0.25, 0.3) is 0 Å². The topological polar surface area (TPSA) is 12.4 Å². The molecule has 1 fully saturated rings. The summed E-state index contributed by atoms with van der Waals surface area (Å²) >= 11 is 0. The molecule has 0 aromatic rings. The van der Waals surface area contributed by atoms with Gasteiger partial charge in [-0.1, -0.05) is 12.5 Å². The highest BCUT2D eigenvalue weighted by Gasteiger charge is 2.20. The first-order chi connectivity index (χ1) is 5.66. The van der Waals surface area contributed by atoms with Crippen molar-refractivity contribution < 1.29 is 0 Å². The molecule has 0 bridgehead atoms. The molecular weight excluding hydrogens is 146 g/mol. The zero-order valence-electron chi connectivity index (χ0n) is 8.65. The Bertz CT molecular complexity index is 219. The number of aliphatic imine (C=N–C) groups is 1. The van der Waals surface area contributed by atoms with Gasteiger partial charge in [-0.15, -0.1) is 0 Å². The lowest BCUT2D eigenvalue weighted by atomic mass is 9.83. The Balaban J connectivity index is 2.95. The average Bonchev–Trinajstić information content (AvgIpc) is 2.03. The molecule has 1 atom stereocenters. The Morgan fingerprint density at radius 2 is 2.08 bits per heavy atom. The summed E-state index contributed by atoms with van der Waals surface area (Å²) < 4.78 is 0. The molecule has 0 amide bonds. The molecule has 0 unspecified atom stereocenters. The van der Waals surface area contributed by atoms with E-state index in [4.69, 9.17) is 0 Å². The van der Waals surface area contributed by atoms with Gasteiger partial charge in [-0.2, -0.15) is 0 Å². The Hall–Kier alpha value is -0.590. The highest BCUT2D eigenvalue weighted by molar-refractivity contribution is 6.02. The molecule has 1 aliphatic rings. The van der Waals surface area contributed by atoms with Crippen molar-refractivity contribution in [3.8, 4) is 0 Å². The molecule has 0 N–H and O–H groups in total. The Labute approximate surface area is 75.6 Å². The van der Waals surface area contributed by atoms with Crippen LogP contribution in [-0.4, -0.2) is 12.8 Å². The second kappa shape index (κ2) is 3.88. The lowest BCUT2D eigenvalue weighted by Crippen LogP contribution is -2.20. The van der Waals surface area contributed by atoms with Crippen LogP contribution < -0.4 is 0 Å². The van der Waals surface area contributed by atoms with Crippen LogP contribution in [0, 0.1) is 5.92 Å². The number of nitrogens with zero attached hydrogens (tertiary/aromatic N) is 1. The van der Waals surface area contributed by atoms with Crippen LogP contribution in [0.1, 0.15) is 40.0 Å². The van der Waals surface area contributed by atoms with Crippen LogP contribution in [0.2, 0.25) is 0 Å². The zero-order valence-corrected chi connectivity index (χ0v) is 8.65.